The first-order valence-corrected chi connectivity index (χ1v) is 9.87. The summed E-state index contributed by atoms with van der Waals surface area (Å²) in [4.78, 5) is 17.5. The van der Waals surface area contributed by atoms with Crippen LogP contribution in [-0.2, 0) is 16.1 Å². The molecule has 0 spiro atoms. The van der Waals surface area contributed by atoms with Gasteiger partial charge in [-0.1, -0.05) is 11.3 Å². The number of anilines is 1. The number of likely N-dealkylation sites (tertiary alicyclic amines) is 1. The van der Waals surface area contributed by atoms with Crippen LogP contribution in [0.4, 0.5) is 9.52 Å². The fraction of sp³-hybridized carbons (Fsp3) is 0.421. The lowest BCUT2D eigenvalue weighted by Gasteiger charge is -2.20. The molecule has 1 aliphatic heterocycles. The van der Waals surface area contributed by atoms with Gasteiger partial charge < -0.3 is 20.8 Å². The normalized spacial score (nSPS) is 23.8. The van der Waals surface area contributed by atoms with Crippen molar-refractivity contribution in [2.75, 3.05) is 18.9 Å². The van der Waals surface area contributed by atoms with Crippen molar-refractivity contribution in [2.24, 2.45) is 0 Å². The van der Waals surface area contributed by atoms with Gasteiger partial charge in [-0.2, -0.15) is 9.37 Å². The van der Waals surface area contributed by atoms with Gasteiger partial charge in [0.25, 0.3) is 0 Å². The van der Waals surface area contributed by atoms with E-state index in [9.17, 15) is 9.18 Å². The highest BCUT2D eigenvalue weighted by molar-refractivity contribution is 7.15. The monoisotopic (exact) mass is 405 g/mol. The Hall–Kier alpha value is -2.52. The molecule has 3 N–H and O–H groups in total. The van der Waals surface area contributed by atoms with Gasteiger partial charge in [-0.15, -0.1) is 0 Å². The molecule has 2 heterocycles. The van der Waals surface area contributed by atoms with E-state index in [4.69, 9.17) is 10.1 Å². The van der Waals surface area contributed by atoms with Crippen LogP contribution in [0.1, 0.15) is 25.1 Å². The van der Waals surface area contributed by atoms with Crippen molar-refractivity contribution in [3.05, 3.63) is 46.6 Å². The lowest BCUT2D eigenvalue weighted by Crippen LogP contribution is -2.27. The Balaban J connectivity index is 1.62. The highest BCUT2D eigenvalue weighted by Crippen LogP contribution is 2.29. The van der Waals surface area contributed by atoms with E-state index in [1.807, 2.05) is 6.08 Å². The molecule has 9 heteroatoms. The van der Waals surface area contributed by atoms with Crippen LogP contribution in [-0.4, -0.2) is 47.2 Å². The Morgan fingerprint density at radius 2 is 2.32 bits per heavy atom. The zero-order chi connectivity index (χ0) is 20.3. The van der Waals surface area contributed by atoms with Gasteiger partial charge in [-0.3, -0.25) is 9.69 Å². The molecule has 2 aliphatic rings. The van der Waals surface area contributed by atoms with E-state index < -0.39 is 5.95 Å². The first-order valence-electron chi connectivity index (χ1n) is 9.05. The second-order valence-electron chi connectivity index (χ2n) is 6.85. The summed E-state index contributed by atoms with van der Waals surface area (Å²) in [6.45, 7) is 4.55. The second-order valence-corrected chi connectivity index (χ2v) is 7.93. The molecule has 1 aromatic rings. The van der Waals surface area contributed by atoms with Crippen LogP contribution in [0.2, 0.25) is 0 Å². The molecule has 1 aromatic heterocycles. The summed E-state index contributed by atoms with van der Waals surface area (Å²) in [7, 11) is 1.79. The lowest BCUT2D eigenvalue weighted by atomic mass is 10.1. The average Bonchev–Trinajstić information content (AvgIpc) is 3.13. The molecule has 1 amide bonds. The van der Waals surface area contributed by atoms with E-state index in [0.717, 1.165) is 23.3 Å². The molecule has 7 nitrogen and oxygen atoms in total. The molecule has 28 heavy (non-hydrogen) atoms. The van der Waals surface area contributed by atoms with Crippen LogP contribution < -0.4 is 10.6 Å². The van der Waals surface area contributed by atoms with Gasteiger partial charge in [0.1, 0.15) is 11.9 Å². The third-order valence-corrected chi connectivity index (χ3v) is 5.50. The summed E-state index contributed by atoms with van der Waals surface area (Å²) >= 11 is 1.16. The van der Waals surface area contributed by atoms with Crippen LogP contribution in [0, 0.1) is 11.4 Å². The lowest BCUT2D eigenvalue weighted by molar-refractivity contribution is -0.114. The third-order valence-electron chi connectivity index (χ3n) is 4.57. The van der Waals surface area contributed by atoms with Crippen molar-refractivity contribution >= 4 is 28.1 Å². The quantitative estimate of drug-likeness (QED) is 0.677. The summed E-state index contributed by atoms with van der Waals surface area (Å²) < 4.78 is 20.2. The minimum atomic E-state index is -0.538. The van der Waals surface area contributed by atoms with Crippen molar-refractivity contribution in [3.8, 4) is 0 Å². The smallest absolute Gasteiger partial charge is 0.230 e. The number of carbonyl (C=O) groups excluding carboxylic acids is 1. The fourth-order valence-electron chi connectivity index (χ4n) is 3.25. The number of nitrogens with one attached hydrogen (secondary N) is 3. The Morgan fingerprint density at radius 3 is 3.04 bits per heavy atom. The Morgan fingerprint density at radius 1 is 1.54 bits per heavy atom. The first-order chi connectivity index (χ1) is 13.4. The molecule has 1 aliphatic carbocycles. The molecular weight excluding hydrogens is 381 g/mol. The molecule has 0 radical (unpaired) electrons. The fourth-order valence-corrected chi connectivity index (χ4v) is 4.17. The van der Waals surface area contributed by atoms with E-state index >= 15 is 0 Å². The Kier molecular flexibility index (Phi) is 6.25. The number of ether oxygens (including phenoxy) is 1. The summed E-state index contributed by atoms with van der Waals surface area (Å²) in [6.07, 6.45) is 7.93. The summed E-state index contributed by atoms with van der Waals surface area (Å²) in [5, 5.41) is 13.6. The molecule has 0 unspecified atom stereocenters. The number of carbonyl (C=O) groups is 1. The number of thiazole rings is 1. The predicted molar refractivity (Wildman–Crippen MR) is 108 cm³/mol. The second kappa shape index (κ2) is 8.66. The van der Waals surface area contributed by atoms with Crippen molar-refractivity contribution in [1.82, 2.24) is 15.2 Å². The van der Waals surface area contributed by atoms with Crippen molar-refractivity contribution < 1.29 is 13.9 Å². The minimum absolute atomic E-state index is 0.0141. The first kappa shape index (κ1) is 20.2. The minimum Gasteiger partial charge on any atom is -0.489 e. The van der Waals surface area contributed by atoms with E-state index in [-0.39, 0.29) is 23.2 Å². The molecular formula is C19H24FN5O2S. The predicted octanol–water partition coefficient (Wildman–Crippen LogP) is 2.80. The highest BCUT2D eigenvalue weighted by atomic mass is 32.1. The van der Waals surface area contributed by atoms with Crippen LogP contribution in [0.15, 0.2) is 35.8 Å². The maximum absolute atomic E-state index is 14.1. The largest absolute Gasteiger partial charge is 0.489 e. The SMILES string of the molecule is CN/C=C1/C=C(O[C@@H]2C[C@H](C)N(Cc3sc(NC(C)=O)nc3F)C2)C=CC1=N. The van der Waals surface area contributed by atoms with E-state index in [2.05, 4.69) is 27.4 Å². The van der Waals surface area contributed by atoms with Crippen molar-refractivity contribution in [2.45, 2.75) is 39.0 Å². The molecule has 3 rings (SSSR count). The highest BCUT2D eigenvalue weighted by Gasteiger charge is 2.32. The topological polar surface area (TPSA) is 90.3 Å². The molecule has 1 saturated heterocycles. The number of amides is 1. The van der Waals surface area contributed by atoms with Crippen LogP contribution in [0.5, 0.6) is 0 Å². The number of hydrogen-bond acceptors (Lipinski definition) is 7. The van der Waals surface area contributed by atoms with Gasteiger partial charge in [0, 0.05) is 51.3 Å². The van der Waals surface area contributed by atoms with Crippen molar-refractivity contribution in [1.29, 1.82) is 5.41 Å². The molecule has 150 valence electrons. The van der Waals surface area contributed by atoms with E-state index in [0.29, 0.717) is 29.4 Å². The maximum Gasteiger partial charge on any atom is 0.230 e. The summed E-state index contributed by atoms with van der Waals surface area (Å²) in [5.41, 5.74) is 1.19. The standard InChI is InChI=1S/C19H24FN5O2S/c1-11-6-15(27-14-4-5-16(21)13(7-14)8-22-3)9-25(11)10-17-18(20)24-19(28-17)23-12(2)26/h4-5,7-8,11,15,21-22H,6,9-10H2,1-3H3,(H,23,24,26)/b13-8-,21-16?/t11-,15+/m0/s1. The number of hydrogen-bond donors (Lipinski definition) is 3. The van der Waals surface area contributed by atoms with Gasteiger partial charge in [0.15, 0.2) is 5.13 Å². The maximum atomic E-state index is 14.1. The number of halogens is 1. The van der Waals surface area contributed by atoms with E-state index in [1.165, 1.54) is 6.92 Å². The van der Waals surface area contributed by atoms with Crippen molar-refractivity contribution in [3.63, 3.8) is 0 Å². The van der Waals surface area contributed by atoms with Gasteiger partial charge in [-0.05, 0) is 25.2 Å². The number of allylic oxidation sites excluding steroid dienone is 4. The summed E-state index contributed by atoms with van der Waals surface area (Å²) in [6, 6.07) is 0.231. The molecule has 0 aromatic carbocycles. The van der Waals surface area contributed by atoms with Gasteiger partial charge >= 0.3 is 0 Å². The molecule has 1 fully saturated rings. The van der Waals surface area contributed by atoms with E-state index in [1.54, 1.807) is 25.4 Å². The molecule has 0 bridgehead atoms. The van der Waals surface area contributed by atoms with Crippen LogP contribution >= 0.6 is 11.3 Å². The van der Waals surface area contributed by atoms with Gasteiger partial charge in [0.2, 0.25) is 11.9 Å². The number of nitrogens with zero attached hydrogens (tertiary/aromatic N) is 2. The number of rotatable bonds is 6. The number of aromatic nitrogens is 1. The Labute approximate surface area is 167 Å². The zero-order valence-corrected chi connectivity index (χ0v) is 16.9. The van der Waals surface area contributed by atoms with Gasteiger partial charge in [0.05, 0.1) is 10.6 Å². The third kappa shape index (κ3) is 4.85. The van der Waals surface area contributed by atoms with Crippen LogP contribution in [0.25, 0.3) is 0 Å². The summed E-state index contributed by atoms with van der Waals surface area (Å²) in [5.74, 6) is -0.0889. The average molecular weight is 405 g/mol. The van der Waals surface area contributed by atoms with Crippen LogP contribution in [0.3, 0.4) is 0 Å². The zero-order valence-electron chi connectivity index (χ0n) is 16.1. The molecule has 0 saturated carbocycles. The molecule has 2 atom stereocenters. The van der Waals surface area contributed by atoms with Gasteiger partial charge in [-0.25, -0.2) is 0 Å². The Bertz CT molecular complexity index is 861.